The number of hydrogen-bond acceptors (Lipinski definition) is 2. The normalized spacial score (nSPS) is 18.2. The topological polar surface area (TPSA) is 24.9 Å². The van der Waals surface area contributed by atoms with Gasteiger partial charge in [-0.15, -0.1) is 0 Å². The molecule has 1 heterocycles. The maximum Gasteiger partial charge on any atom is 0.0419 e. The highest BCUT2D eigenvalue weighted by Gasteiger charge is 2.44. The van der Waals surface area contributed by atoms with Gasteiger partial charge >= 0.3 is 0 Å². The zero-order chi connectivity index (χ0) is 13.8. The Labute approximate surface area is 121 Å². The summed E-state index contributed by atoms with van der Waals surface area (Å²) in [5.74, 6) is 0. The second-order valence-electron chi connectivity index (χ2n) is 5.74. The molecule has 1 aliphatic rings. The zero-order valence-corrected chi connectivity index (χ0v) is 12.0. The van der Waals surface area contributed by atoms with Crippen molar-refractivity contribution >= 4 is 0 Å². The Morgan fingerprint density at radius 2 is 1.85 bits per heavy atom. The number of rotatable bonds is 5. The lowest BCUT2D eigenvalue weighted by Gasteiger charge is -2.48. The summed E-state index contributed by atoms with van der Waals surface area (Å²) in [6, 6.07) is 17.6. The summed E-state index contributed by atoms with van der Waals surface area (Å²) in [7, 11) is 2.08. The number of nitrogens with one attached hydrogen (secondary N) is 1. The monoisotopic (exact) mass is 266 g/mol. The summed E-state index contributed by atoms with van der Waals surface area (Å²) < 4.78 is 0. The van der Waals surface area contributed by atoms with Gasteiger partial charge in [0.1, 0.15) is 0 Å². The van der Waals surface area contributed by atoms with Crippen LogP contribution in [0, 0.1) is 0 Å². The molecule has 1 fully saturated rings. The maximum absolute atomic E-state index is 4.49. The minimum atomic E-state index is 0.285. The second-order valence-corrected chi connectivity index (χ2v) is 5.74. The fraction of sp³-hybridized carbons (Fsp3) is 0.389. The van der Waals surface area contributed by atoms with Gasteiger partial charge < -0.3 is 5.32 Å². The van der Waals surface area contributed by atoms with Gasteiger partial charge in [-0.05, 0) is 37.6 Å². The lowest BCUT2D eigenvalue weighted by molar-refractivity contribution is 0.173. The molecule has 1 aliphatic carbocycles. The first-order valence-electron chi connectivity index (χ1n) is 7.48. The molecule has 20 heavy (non-hydrogen) atoms. The predicted octanol–water partition coefficient (Wildman–Crippen LogP) is 3.33. The van der Waals surface area contributed by atoms with Gasteiger partial charge in [-0.2, -0.15) is 0 Å². The quantitative estimate of drug-likeness (QED) is 0.898. The van der Waals surface area contributed by atoms with Gasteiger partial charge in [-0.1, -0.05) is 42.8 Å². The van der Waals surface area contributed by atoms with Crippen LogP contribution in [0.4, 0.5) is 0 Å². The van der Waals surface area contributed by atoms with Crippen molar-refractivity contribution in [1.29, 1.82) is 0 Å². The minimum absolute atomic E-state index is 0.285. The summed E-state index contributed by atoms with van der Waals surface area (Å²) in [5.41, 5.74) is 2.93. The minimum Gasteiger partial charge on any atom is -0.316 e. The summed E-state index contributed by atoms with van der Waals surface area (Å²) >= 11 is 0. The molecular formula is C18H22N2. The number of hydrogen-bond donors (Lipinski definition) is 1. The summed E-state index contributed by atoms with van der Waals surface area (Å²) in [6.07, 6.45) is 6.75. The fourth-order valence-electron chi connectivity index (χ4n) is 3.47. The van der Waals surface area contributed by atoms with Gasteiger partial charge in [-0.3, -0.25) is 4.98 Å². The molecule has 1 N–H and O–H groups in total. The van der Waals surface area contributed by atoms with Crippen LogP contribution in [-0.4, -0.2) is 18.1 Å². The molecule has 0 radical (unpaired) electrons. The van der Waals surface area contributed by atoms with Crippen molar-refractivity contribution in [3.05, 3.63) is 66.0 Å². The standard InChI is InChI=1S/C18H22N2/c1-19-17(14-16-10-5-6-13-20-16)18(11-7-12-18)15-8-3-2-4-9-15/h2-6,8-10,13,17,19H,7,11-12,14H2,1H3. The van der Waals surface area contributed by atoms with E-state index in [1.165, 1.54) is 30.5 Å². The van der Waals surface area contributed by atoms with Crippen molar-refractivity contribution in [3.8, 4) is 0 Å². The van der Waals surface area contributed by atoms with Crippen LogP contribution in [0.2, 0.25) is 0 Å². The molecule has 1 aromatic heterocycles. The second kappa shape index (κ2) is 5.76. The molecule has 0 bridgehead atoms. The van der Waals surface area contributed by atoms with E-state index < -0.39 is 0 Å². The first-order valence-corrected chi connectivity index (χ1v) is 7.48. The molecule has 0 amide bonds. The van der Waals surface area contributed by atoms with Gasteiger partial charge in [0.05, 0.1) is 0 Å². The van der Waals surface area contributed by atoms with Crippen LogP contribution in [0.3, 0.4) is 0 Å². The third-order valence-corrected chi connectivity index (χ3v) is 4.75. The van der Waals surface area contributed by atoms with Crippen molar-refractivity contribution in [2.45, 2.75) is 37.1 Å². The Morgan fingerprint density at radius 3 is 2.40 bits per heavy atom. The van der Waals surface area contributed by atoms with Crippen LogP contribution < -0.4 is 5.32 Å². The average Bonchev–Trinajstić information content (AvgIpc) is 2.47. The molecule has 1 unspecified atom stereocenters. The maximum atomic E-state index is 4.49. The molecule has 0 aliphatic heterocycles. The summed E-state index contributed by atoms with van der Waals surface area (Å²) in [6.45, 7) is 0. The van der Waals surface area contributed by atoms with E-state index in [0.29, 0.717) is 6.04 Å². The highest BCUT2D eigenvalue weighted by atomic mass is 14.9. The van der Waals surface area contributed by atoms with E-state index in [0.717, 1.165) is 6.42 Å². The van der Waals surface area contributed by atoms with E-state index >= 15 is 0 Å². The van der Waals surface area contributed by atoms with E-state index in [4.69, 9.17) is 0 Å². The molecule has 104 valence electrons. The number of aromatic nitrogens is 1. The molecule has 0 spiro atoms. The Hall–Kier alpha value is -1.67. The van der Waals surface area contributed by atoms with E-state index in [-0.39, 0.29) is 5.41 Å². The smallest absolute Gasteiger partial charge is 0.0419 e. The number of likely N-dealkylation sites (N-methyl/N-ethyl adjacent to an activating group) is 1. The van der Waals surface area contributed by atoms with E-state index in [1.807, 2.05) is 12.3 Å². The van der Waals surface area contributed by atoms with Crippen LogP contribution in [0.15, 0.2) is 54.7 Å². The molecule has 2 aromatic rings. The van der Waals surface area contributed by atoms with Crippen LogP contribution in [0.5, 0.6) is 0 Å². The van der Waals surface area contributed by atoms with E-state index in [1.54, 1.807) is 0 Å². The molecule has 0 saturated heterocycles. The van der Waals surface area contributed by atoms with Crippen molar-refractivity contribution in [2.24, 2.45) is 0 Å². The fourth-order valence-corrected chi connectivity index (χ4v) is 3.47. The molecule has 2 nitrogen and oxygen atoms in total. The Kier molecular flexibility index (Phi) is 3.83. The van der Waals surface area contributed by atoms with Crippen molar-refractivity contribution in [3.63, 3.8) is 0 Å². The van der Waals surface area contributed by atoms with Crippen LogP contribution in [0.25, 0.3) is 0 Å². The van der Waals surface area contributed by atoms with E-state index in [2.05, 4.69) is 59.8 Å². The molecule has 3 rings (SSSR count). The third-order valence-electron chi connectivity index (χ3n) is 4.75. The Balaban J connectivity index is 1.87. The third kappa shape index (κ3) is 2.36. The van der Waals surface area contributed by atoms with Gasteiger partial charge in [0.2, 0.25) is 0 Å². The SMILES string of the molecule is CNC(Cc1ccccn1)C1(c2ccccc2)CCC1. The largest absolute Gasteiger partial charge is 0.316 e. The molecule has 1 atom stereocenters. The number of pyridine rings is 1. The van der Waals surface area contributed by atoms with E-state index in [9.17, 15) is 0 Å². The zero-order valence-electron chi connectivity index (χ0n) is 12.0. The highest BCUT2D eigenvalue weighted by Crippen LogP contribution is 2.47. The molecule has 1 aromatic carbocycles. The van der Waals surface area contributed by atoms with Crippen LogP contribution in [0.1, 0.15) is 30.5 Å². The molecular weight excluding hydrogens is 244 g/mol. The summed E-state index contributed by atoms with van der Waals surface area (Å²) in [4.78, 5) is 4.49. The van der Waals surface area contributed by atoms with Crippen molar-refractivity contribution in [2.75, 3.05) is 7.05 Å². The molecule has 2 heteroatoms. The predicted molar refractivity (Wildman–Crippen MR) is 82.8 cm³/mol. The Morgan fingerprint density at radius 1 is 1.10 bits per heavy atom. The first kappa shape index (κ1) is 13.3. The molecule has 1 saturated carbocycles. The van der Waals surface area contributed by atoms with Crippen molar-refractivity contribution in [1.82, 2.24) is 10.3 Å². The lowest BCUT2D eigenvalue weighted by atomic mass is 9.59. The number of benzene rings is 1. The Bertz CT molecular complexity index is 532. The van der Waals surface area contributed by atoms with Gasteiger partial charge in [0, 0.05) is 29.8 Å². The average molecular weight is 266 g/mol. The van der Waals surface area contributed by atoms with Crippen LogP contribution >= 0.6 is 0 Å². The number of nitrogens with zero attached hydrogens (tertiary/aromatic N) is 1. The lowest BCUT2D eigenvalue weighted by Crippen LogP contribution is -2.52. The van der Waals surface area contributed by atoms with Gasteiger partial charge in [0.15, 0.2) is 0 Å². The highest BCUT2D eigenvalue weighted by molar-refractivity contribution is 5.31. The van der Waals surface area contributed by atoms with Crippen LogP contribution in [-0.2, 0) is 11.8 Å². The van der Waals surface area contributed by atoms with Crippen molar-refractivity contribution < 1.29 is 0 Å². The van der Waals surface area contributed by atoms with Gasteiger partial charge in [0.25, 0.3) is 0 Å². The van der Waals surface area contributed by atoms with Gasteiger partial charge in [-0.25, -0.2) is 0 Å². The first-order chi connectivity index (χ1) is 9.85. The summed E-state index contributed by atoms with van der Waals surface area (Å²) in [5, 5.41) is 3.55.